The third kappa shape index (κ3) is 1.98. The van der Waals surface area contributed by atoms with Gasteiger partial charge >= 0.3 is 0 Å². The minimum absolute atomic E-state index is 0.281. The number of pyridine rings is 1. The molecule has 0 saturated heterocycles. The smallest absolute Gasteiger partial charge is 0.166 e. The van der Waals surface area contributed by atoms with Crippen molar-refractivity contribution in [1.29, 1.82) is 0 Å². The first-order valence-corrected chi connectivity index (χ1v) is 7.81. The summed E-state index contributed by atoms with van der Waals surface area (Å²) in [5.41, 5.74) is 0.174. The third-order valence-electron chi connectivity index (χ3n) is 4.53. The molecule has 0 radical (unpaired) electrons. The molecule has 8 heteroatoms. The van der Waals surface area contributed by atoms with Crippen molar-refractivity contribution in [2.24, 2.45) is 0 Å². The Kier molecular flexibility index (Phi) is 2.84. The normalized spacial score (nSPS) is 16.9. The van der Waals surface area contributed by atoms with E-state index in [1.54, 1.807) is 13.8 Å². The Morgan fingerprint density at radius 3 is 2.65 bits per heavy atom. The highest BCUT2D eigenvalue weighted by molar-refractivity contribution is 5.52. The number of nitrogens with zero attached hydrogens (tertiary/aromatic N) is 7. The molecule has 3 heterocycles. The summed E-state index contributed by atoms with van der Waals surface area (Å²) in [4.78, 5) is 0. The van der Waals surface area contributed by atoms with Gasteiger partial charge in [-0.1, -0.05) is 6.07 Å². The second kappa shape index (κ2) is 4.58. The SMILES string of the molecule is CCn1nnnc1C1(c2nnc3c(C(C)(C)O)cccn23)CC1. The van der Waals surface area contributed by atoms with E-state index in [4.69, 9.17) is 0 Å². The van der Waals surface area contributed by atoms with Gasteiger partial charge in [-0.15, -0.1) is 15.3 Å². The molecular formula is C15H19N7O. The van der Waals surface area contributed by atoms with Crippen molar-refractivity contribution in [3.8, 4) is 0 Å². The Morgan fingerprint density at radius 2 is 2.00 bits per heavy atom. The number of fused-ring (bicyclic) bond motifs is 1. The van der Waals surface area contributed by atoms with Gasteiger partial charge in [-0.25, -0.2) is 4.68 Å². The van der Waals surface area contributed by atoms with Crippen LogP contribution in [0.25, 0.3) is 5.65 Å². The maximum atomic E-state index is 10.4. The molecule has 3 aromatic heterocycles. The van der Waals surface area contributed by atoms with Crippen LogP contribution in [-0.2, 0) is 17.6 Å². The lowest BCUT2D eigenvalue weighted by atomic mass is 9.99. The summed E-state index contributed by atoms with van der Waals surface area (Å²) in [5, 5.41) is 31.2. The lowest BCUT2D eigenvalue weighted by Crippen LogP contribution is -2.21. The van der Waals surface area contributed by atoms with Gasteiger partial charge < -0.3 is 5.11 Å². The molecule has 0 aromatic carbocycles. The Morgan fingerprint density at radius 1 is 1.22 bits per heavy atom. The predicted molar refractivity (Wildman–Crippen MR) is 81.7 cm³/mol. The number of aliphatic hydroxyl groups is 1. The zero-order valence-corrected chi connectivity index (χ0v) is 13.4. The van der Waals surface area contributed by atoms with Crippen LogP contribution in [0.5, 0.6) is 0 Å². The first-order valence-electron chi connectivity index (χ1n) is 7.81. The summed E-state index contributed by atoms with van der Waals surface area (Å²) in [6.45, 7) is 6.24. The van der Waals surface area contributed by atoms with Gasteiger partial charge in [-0.2, -0.15) is 0 Å². The van der Waals surface area contributed by atoms with Gasteiger partial charge in [0.15, 0.2) is 17.3 Å². The summed E-state index contributed by atoms with van der Waals surface area (Å²) < 4.78 is 3.77. The lowest BCUT2D eigenvalue weighted by Gasteiger charge is -2.18. The van der Waals surface area contributed by atoms with Crippen molar-refractivity contribution in [1.82, 2.24) is 34.8 Å². The largest absolute Gasteiger partial charge is 0.386 e. The fourth-order valence-electron chi connectivity index (χ4n) is 3.15. The lowest BCUT2D eigenvalue weighted by molar-refractivity contribution is 0.0796. The number of aromatic nitrogens is 7. The Hall–Kier alpha value is -2.35. The molecule has 0 aliphatic heterocycles. The van der Waals surface area contributed by atoms with Crippen molar-refractivity contribution >= 4 is 5.65 Å². The van der Waals surface area contributed by atoms with Crippen molar-refractivity contribution in [2.45, 2.75) is 51.2 Å². The van der Waals surface area contributed by atoms with Gasteiger partial charge in [-0.3, -0.25) is 4.40 Å². The quantitative estimate of drug-likeness (QED) is 0.773. The number of hydrogen-bond donors (Lipinski definition) is 1. The fraction of sp³-hybridized carbons (Fsp3) is 0.533. The van der Waals surface area contributed by atoms with Crippen molar-refractivity contribution < 1.29 is 5.11 Å². The summed E-state index contributed by atoms with van der Waals surface area (Å²) >= 11 is 0. The van der Waals surface area contributed by atoms with Gasteiger partial charge in [0.1, 0.15) is 0 Å². The number of hydrogen-bond acceptors (Lipinski definition) is 6. The molecule has 8 nitrogen and oxygen atoms in total. The van der Waals surface area contributed by atoms with E-state index < -0.39 is 5.60 Å². The number of tetrazole rings is 1. The monoisotopic (exact) mass is 313 g/mol. The van der Waals surface area contributed by atoms with E-state index in [0.717, 1.165) is 36.6 Å². The van der Waals surface area contributed by atoms with Gasteiger partial charge in [0, 0.05) is 18.3 Å². The molecule has 1 aliphatic rings. The molecule has 23 heavy (non-hydrogen) atoms. The van der Waals surface area contributed by atoms with E-state index in [0.29, 0.717) is 5.65 Å². The molecule has 0 atom stereocenters. The molecule has 1 N–H and O–H groups in total. The van der Waals surface area contributed by atoms with Crippen LogP contribution >= 0.6 is 0 Å². The summed E-state index contributed by atoms with van der Waals surface area (Å²) in [6, 6.07) is 3.79. The van der Waals surface area contributed by atoms with E-state index in [-0.39, 0.29) is 5.41 Å². The Labute approximate surface area is 133 Å². The topological polar surface area (TPSA) is 94.0 Å². The number of aryl methyl sites for hydroxylation is 1. The molecular weight excluding hydrogens is 294 g/mol. The molecule has 0 unspecified atom stereocenters. The van der Waals surface area contributed by atoms with Crippen LogP contribution in [0.1, 0.15) is 50.8 Å². The van der Waals surface area contributed by atoms with Crippen LogP contribution in [0.4, 0.5) is 0 Å². The first-order chi connectivity index (χ1) is 11.0. The van der Waals surface area contributed by atoms with Crippen LogP contribution in [0.2, 0.25) is 0 Å². The average molecular weight is 313 g/mol. The van der Waals surface area contributed by atoms with E-state index in [2.05, 4.69) is 25.7 Å². The number of rotatable bonds is 4. The van der Waals surface area contributed by atoms with E-state index >= 15 is 0 Å². The summed E-state index contributed by atoms with van der Waals surface area (Å²) in [5.74, 6) is 1.67. The average Bonchev–Trinajstić information content (AvgIpc) is 2.99. The third-order valence-corrected chi connectivity index (χ3v) is 4.53. The second-order valence-electron chi connectivity index (χ2n) is 6.60. The van der Waals surface area contributed by atoms with Gasteiger partial charge in [0.2, 0.25) is 0 Å². The highest BCUT2D eigenvalue weighted by atomic mass is 16.3. The second-order valence-corrected chi connectivity index (χ2v) is 6.60. The van der Waals surface area contributed by atoms with Crippen molar-refractivity contribution in [3.63, 3.8) is 0 Å². The van der Waals surface area contributed by atoms with Gasteiger partial charge in [-0.05, 0) is 50.1 Å². The molecule has 4 rings (SSSR count). The van der Waals surface area contributed by atoms with Gasteiger partial charge in [0.05, 0.1) is 11.0 Å². The van der Waals surface area contributed by atoms with E-state index in [9.17, 15) is 5.11 Å². The molecule has 120 valence electrons. The van der Waals surface area contributed by atoms with Crippen LogP contribution < -0.4 is 0 Å². The molecule has 1 fully saturated rings. The highest BCUT2D eigenvalue weighted by Crippen LogP contribution is 2.51. The van der Waals surface area contributed by atoms with Gasteiger partial charge in [0.25, 0.3) is 0 Å². The summed E-state index contributed by atoms with van der Waals surface area (Å²) in [6.07, 6.45) is 3.82. The maximum Gasteiger partial charge on any atom is 0.166 e. The molecule has 1 aliphatic carbocycles. The van der Waals surface area contributed by atoms with Crippen LogP contribution in [0.3, 0.4) is 0 Å². The molecule has 1 saturated carbocycles. The minimum Gasteiger partial charge on any atom is -0.386 e. The van der Waals surface area contributed by atoms with E-state index in [1.807, 2.05) is 34.3 Å². The van der Waals surface area contributed by atoms with Crippen molar-refractivity contribution in [2.75, 3.05) is 0 Å². The zero-order valence-electron chi connectivity index (χ0n) is 13.4. The zero-order chi connectivity index (χ0) is 16.2. The summed E-state index contributed by atoms with van der Waals surface area (Å²) in [7, 11) is 0. The maximum absolute atomic E-state index is 10.4. The molecule has 3 aromatic rings. The standard InChI is InChI=1S/C15H19N7O/c1-4-22-13(18-19-20-22)15(7-8-15)12-17-16-11-10(14(2,3)23)6-5-9-21(11)12/h5-6,9,23H,4,7-8H2,1-3H3. The van der Waals surface area contributed by atoms with Crippen LogP contribution in [-0.4, -0.2) is 39.9 Å². The fourth-order valence-corrected chi connectivity index (χ4v) is 3.15. The Bertz CT molecular complexity index is 869. The molecule has 0 amide bonds. The first kappa shape index (κ1) is 14.3. The highest BCUT2D eigenvalue weighted by Gasteiger charge is 2.54. The van der Waals surface area contributed by atoms with Crippen molar-refractivity contribution in [3.05, 3.63) is 35.5 Å². The van der Waals surface area contributed by atoms with E-state index in [1.165, 1.54) is 0 Å². The Balaban J connectivity index is 1.91. The minimum atomic E-state index is -0.978. The molecule has 0 bridgehead atoms. The predicted octanol–water partition coefficient (Wildman–Crippen LogP) is 1.04. The van der Waals surface area contributed by atoms with Crippen LogP contribution in [0.15, 0.2) is 18.3 Å². The molecule has 0 spiro atoms. The van der Waals surface area contributed by atoms with Crippen LogP contribution in [0, 0.1) is 0 Å².